The fraction of sp³-hybridized carbons (Fsp3) is 0.389. The Morgan fingerprint density at radius 1 is 1.18 bits per heavy atom. The van der Waals surface area contributed by atoms with Crippen LogP contribution in [0.3, 0.4) is 0 Å². The van der Waals surface area contributed by atoms with Crippen molar-refractivity contribution >= 4 is 17.2 Å². The fourth-order valence-electron chi connectivity index (χ4n) is 2.95. The highest BCUT2D eigenvalue weighted by Gasteiger charge is 2.31. The first-order valence-corrected chi connectivity index (χ1v) is 8.64. The van der Waals surface area contributed by atoms with E-state index >= 15 is 0 Å². The van der Waals surface area contributed by atoms with Crippen molar-refractivity contribution in [2.45, 2.75) is 19.4 Å². The minimum atomic E-state index is 0.139. The molecule has 0 unspecified atom stereocenters. The van der Waals surface area contributed by atoms with Gasteiger partial charge in [0.05, 0.1) is 10.9 Å². The summed E-state index contributed by atoms with van der Waals surface area (Å²) in [4.78, 5) is 19.4. The number of piperazine rings is 1. The normalized spacial score (nSPS) is 19.4. The van der Waals surface area contributed by atoms with Crippen molar-refractivity contribution in [3.05, 3.63) is 57.8 Å². The van der Waals surface area contributed by atoms with E-state index in [9.17, 15) is 4.79 Å². The quantitative estimate of drug-likeness (QED) is 0.866. The summed E-state index contributed by atoms with van der Waals surface area (Å²) in [6.07, 6.45) is 0.989. The van der Waals surface area contributed by atoms with Gasteiger partial charge < -0.3 is 9.80 Å². The smallest absolute Gasteiger partial charge is 0.264 e. The molecule has 0 spiro atoms. The Balaban J connectivity index is 1.87. The van der Waals surface area contributed by atoms with Gasteiger partial charge in [0.2, 0.25) is 0 Å². The molecular weight excluding hydrogens is 292 g/mol. The van der Waals surface area contributed by atoms with Gasteiger partial charge in [0.15, 0.2) is 0 Å². The molecule has 1 aliphatic rings. The molecule has 22 heavy (non-hydrogen) atoms. The Bertz CT molecular complexity index is 638. The van der Waals surface area contributed by atoms with Crippen LogP contribution in [0.2, 0.25) is 0 Å². The van der Waals surface area contributed by atoms with Crippen LogP contribution in [0, 0.1) is 0 Å². The van der Waals surface area contributed by atoms with Gasteiger partial charge in [-0.05, 0) is 31.2 Å². The third-order valence-electron chi connectivity index (χ3n) is 4.25. The van der Waals surface area contributed by atoms with Crippen molar-refractivity contribution in [1.29, 1.82) is 0 Å². The Morgan fingerprint density at radius 3 is 2.64 bits per heavy atom. The van der Waals surface area contributed by atoms with Crippen molar-refractivity contribution in [2.75, 3.05) is 26.7 Å². The summed E-state index contributed by atoms with van der Waals surface area (Å²) >= 11 is 1.63. The van der Waals surface area contributed by atoms with E-state index in [4.69, 9.17) is 0 Å². The first kappa shape index (κ1) is 15.3. The SMILES string of the molecule is CCc1ccc(C(=O)N2CCN(C)C[C@@H]2c2ccccc2)s1. The standard InChI is InChI=1S/C18H22N2OS/c1-3-15-9-10-17(22-15)18(21)20-12-11-19(2)13-16(20)14-7-5-4-6-8-14/h4-10,16H,3,11-13H2,1-2H3/t16-/m1/s1. The molecule has 4 heteroatoms. The molecule has 0 bridgehead atoms. The molecule has 1 fully saturated rings. The van der Waals surface area contributed by atoms with Crippen molar-refractivity contribution in [3.8, 4) is 0 Å². The molecule has 1 aromatic carbocycles. The molecule has 0 N–H and O–H groups in total. The average molecular weight is 314 g/mol. The molecule has 1 saturated heterocycles. The van der Waals surface area contributed by atoms with Crippen LogP contribution >= 0.6 is 11.3 Å². The first-order valence-electron chi connectivity index (χ1n) is 7.82. The molecule has 2 aromatic rings. The Labute approximate surface area is 136 Å². The molecule has 0 radical (unpaired) electrons. The summed E-state index contributed by atoms with van der Waals surface area (Å²) < 4.78 is 0. The van der Waals surface area contributed by atoms with E-state index in [2.05, 4.69) is 37.1 Å². The highest BCUT2D eigenvalue weighted by atomic mass is 32.1. The summed E-state index contributed by atoms with van der Waals surface area (Å²) in [7, 11) is 2.12. The minimum absolute atomic E-state index is 0.139. The van der Waals surface area contributed by atoms with E-state index in [1.54, 1.807) is 11.3 Å². The molecular formula is C18H22N2OS. The molecule has 0 aliphatic carbocycles. The predicted octanol–water partition coefficient (Wildman–Crippen LogP) is 3.44. The topological polar surface area (TPSA) is 23.6 Å². The van der Waals surface area contributed by atoms with Crippen LogP contribution in [-0.2, 0) is 6.42 Å². The van der Waals surface area contributed by atoms with Crippen molar-refractivity contribution in [3.63, 3.8) is 0 Å². The lowest BCUT2D eigenvalue weighted by Gasteiger charge is -2.40. The number of likely N-dealkylation sites (N-methyl/N-ethyl adjacent to an activating group) is 1. The number of amides is 1. The minimum Gasteiger partial charge on any atom is -0.328 e. The molecule has 116 valence electrons. The fourth-order valence-corrected chi connectivity index (χ4v) is 3.85. The van der Waals surface area contributed by atoms with Gasteiger partial charge in [0, 0.05) is 24.5 Å². The van der Waals surface area contributed by atoms with Crippen LogP contribution in [0.5, 0.6) is 0 Å². The van der Waals surface area contributed by atoms with Gasteiger partial charge in [-0.15, -0.1) is 11.3 Å². The van der Waals surface area contributed by atoms with Crippen LogP contribution in [0.15, 0.2) is 42.5 Å². The number of aryl methyl sites for hydroxylation is 1. The second kappa shape index (κ2) is 6.63. The largest absolute Gasteiger partial charge is 0.328 e. The number of hydrogen-bond donors (Lipinski definition) is 0. The second-order valence-electron chi connectivity index (χ2n) is 5.81. The van der Waals surface area contributed by atoms with E-state index < -0.39 is 0 Å². The maximum Gasteiger partial charge on any atom is 0.264 e. The Kier molecular flexibility index (Phi) is 4.60. The Morgan fingerprint density at radius 2 is 1.95 bits per heavy atom. The van der Waals surface area contributed by atoms with E-state index in [-0.39, 0.29) is 11.9 Å². The monoisotopic (exact) mass is 314 g/mol. The van der Waals surface area contributed by atoms with Crippen LogP contribution in [0.1, 0.15) is 33.1 Å². The van der Waals surface area contributed by atoms with Gasteiger partial charge >= 0.3 is 0 Å². The summed E-state index contributed by atoms with van der Waals surface area (Å²) in [6.45, 7) is 4.74. The average Bonchev–Trinajstić information content (AvgIpc) is 3.04. The number of nitrogens with zero attached hydrogens (tertiary/aromatic N) is 2. The molecule has 1 atom stereocenters. The summed E-state index contributed by atoms with van der Waals surface area (Å²) in [5.41, 5.74) is 1.22. The van der Waals surface area contributed by atoms with Gasteiger partial charge in [0.25, 0.3) is 5.91 Å². The van der Waals surface area contributed by atoms with Gasteiger partial charge in [-0.3, -0.25) is 4.79 Å². The van der Waals surface area contributed by atoms with Crippen molar-refractivity contribution in [1.82, 2.24) is 9.80 Å². The predicted molar refractivity (Wildman–Crippen MR) is 91.4 cm³/mol. The third-order valence-corrected chi connectivity index (χ3v) is 5.47. The Hall–Kier alpha value is -1.65. The molecule has 1 aliphatic heterocycles. The zero-order valence-corrected chi connectivity index (χ0v) is 14.0. The van der Waals surface area contributed by atoms with E-state index in [0.717, 1.165) is 30.9 Å². The van der Waals surface area contributed by atoms with Crippen molar-refractivity contribution in [2.24, 2.45) is 0 Å². The van der Waals surface area contributed by atoms with Gasteiger partial charge in [0.1, 0.15) is 0 Å². The van der Waals surface area contributed by atoms with Crippen LogP contribution in [0.25, 0.3) is 0 Å². The molecule has 3 nitrogen and oxygen atoms in total. The lowest BCUT2D eigenvalue weighted by Crippen LogP contribution is -2.49. The number of hydrogen-bond acceptors (Lipinski definition) is 3. The molecule has 3 rings (SSSR count). The van der Waals surface area contributed by atoms with Gasteiger partial charge in [-0.1, -0.05) is 37.3 Å². The van der Waals surface area contributed by atoms with Crippen molar-refractivity contribution < 1.29 is 4.79 Å². The highest BCUT2D eigenvalue weighted by Crippen LogP contribution is 2.28. The van der Waals surface area contributed by atoms with Crippen LogP contribution in [0.4, 0.5) is 0 Å². The van der Waals surface area contributed by atoms with Gasteiger partial charge in [-0.2, -0.15) is 0 Å². The maximum atomic E-state index is 12.9. The van der Waals surface area contributed by atoms with Crippen LogP contribution < -0.4 is 0 Å². The number of carbonyl (C=O) groups excluding carboxylic acids is 1. The lowest BCUT2D eigenvalue weighted by atomic mass is 10.0. The number of benzene rings is 1. The second-order valence-corrected chi connectivity index (χ2v) is 6.98. The molecule has 1 aromatic heterocycles. The third kappa shape index (κ3) is 3.08. The van der Waals surface area contributed by atoms with E-state index in [1.807, 2.05) is 29.2 Å². The zero-order chi connectivity index (χ0) is 15.5. The van der Waals surface area contributed by atoms with Crippen LogP contribution in [-0.4, -0.2) is 42.4 Å². The number of thiophene rings is 1. The maximum absolute atomic E-state index is 12.9. The van der Waals surface area contributed by atoms with E-state index in [1.165, 1.54) is 10.4 Å². The number of rotatable bonds is 3. The summed E-state index contributed by atoms with van der Waals surface area (Å²) in [5, 5.41) is 0. The first-order chi connectivity index (χ1) is 10.7. The summed E-state index contributed by atoms with van der Waals surface area (Å²) in [6, 6.07) is 14.6. The molecule has 0 saturated carbocycles. The molecule has 2 heterocycles. The van der Waals surface area contributed by atoms with Gasteiger partial charge in [-0.25, -0.2) is 0 Å². The zero-order valence-electron chi connectivity index (χ0n) is 13.2. The molecule has 1 amide bonds. The summed E-state index contributed by atoms with van der Waals surface area (Å²) in [5.74, 6) is 0.173. The lowest BCUT2D eigenvalue weighted by molar-refractivity contribution is 0.0503. The number of carbonyl (C=O) groups is 1. The van der Waals surface area contributed by atoms with E-state index in [0.29, 0.717) is 0 Å². The highest BCUT2D eigenvalue weighted by molar-refractivity contribution is 7.14.